The smallest absolute Gasteiger partial charge is 0.365 e. The summed E-state index contributed by atoms with van der Waals surface area (Å²) in [5.41, 5.74) is 4.16. The van der Waals surface area contributed by atoms with Crippen LogP contribution in [0.4, 0.5) is 34.9 Å². The fraction of sp³-hybridized carbons (Fsp3) is 0.421. The minimum Gasteiger partial charge on any atom is -0.365 e. The molecule has 5 N–H and O–H groups in total. The van der Waals surface area contributed by atoms with Crippen LogP contribution in [0.1, 0.15) is 41.7 Å². The highest BCUT2D eigenvalue weighted by molar-refractivity contribution is 5.98. The molecule has 162 valence electrons. The minimum atomic E-state index is -4.58. The lowest BCUT2D eigenvalue weighted by Gasteiger charge is -2.32. The number of carbonyl (C=O) groups excluding carboxylic acids is 1. The third kappa shape index (κ3) is 4.96. The molecule has 1 unspecified atom stereocenters. The van der Waals surface area contributed by atoms with Gasteiger partial charge in [0.05, 0.1) is 17.4 Å². The lowest BCUT2D eigenvalue weighted by atomic mass is 9.90. The van der Waals surface area contributed by atoms with Gasteiger partial charge in [-0.2, -0.15) is 13.2 Å². The molecule has 7 nitrogen and oxygen atoms in total. The summed E-state index contributed by atoms with van der Waals surface area (Å²) in [7, 11) is 1.83. The molecule has 0 aromatic carbocycles. The number of hydrogen-bond acceptors (Lipinski definition) is 6. The maximum atomic E-state index is 14.6. The lowest BCUT2D eigenvalue weighted by molar-refractivity contribution is -0.141. The Morgan fingerprint density at radius 3 is 2.43 bits per heavy atom. The Morgan fingerprint density at radius 2 is 1.87 bits per heavy atom. The summed E-state index contributed by atoms with van der Waals surface area (Å²) < 4.78 is 52.6. The van der Waals surface area contributed by atoms with Gasteiger partial charge in [0.1, 0.15) is 11.5 Å². The molecule has 1 fully saturated rings. The summed E-state index contributed by atoms with van der Waals surface area (Å²) in [4.78, 5) is 19.2. The van der Waals surface area contributed by atoms with Crippen molar-refractivity contribution in [3.05, 3.63) is 41.5 Å². The van der Waals surface area contributed by atoms with E-state index in [9.17, 15) is 22.4 Å². The molecule has 30 heavy (non-hydrogen) atoms. The summed E-state index contributed by atoms with van der Waals surface area (Å²) in [5, 5.41) is 8.96. The van der Waals surface area contributed by atoms with Crippen molar-refractivity contribution in [2.75, 3.05) is 17.7 Å². The first-order valence-corrected chi connectivity index (χ1v) is 9.43. The average Bonchev–Trinajstić information content (AvgIpc) is 2.70. The maximum Gasteiger partial charge on any atom is 0.433 e. The van der Waals surface area contributed by atoms with Crippen molar-refractivity contribution in [3.8, 4) is 0 Å². The van der Waals surface area contributed by atoms with Crippen LogP contribution < -0.4 is 21.7 Å². The van der Waals surface area contributed by atoms with Crippen LogP contribution in [0.2, 0.25) is 0 Å². The van der Waals surface area contributed by atoms with E-state index in [0.717, 1.165) is 50.1 Å². The average molecular weight is 426 g/mol. The van der Waals surface area contributed by atoms with Crippen molar-refractivity contribution in [3.63, 3.8) is 0 Å². The molecule has 2 aromatic heterocycles. The van der Waals surface area contributed by atoms with E-state index in [0.29, 0.717) is 0 Å². The van der Waals surface area contributed by atoms with Crippen LogP contribution in [0.3, 0.4) is 0 Å². The second-order valence-corrected chi connectivity index (χ2v) is 7.06. The standard InChI is InChI=1S/C19H22F4N6O/c1-25-13-4-2-3-5-14(13)28-18-12(20)8-11(16(24)30)17(29-18)27-10-6-7-15(26-9-10)19(21,22)23/h6-9,13-14,25H,2-5H2,1H3,(H2,24,30)(H2,27,28,29)/t13-,14?/m0/s1. The normalized spacial score (nSPS) is 19.4. The maximum absolute atomic E-state index is 14.6. The molecular weight excluding hydrogens is 404 g/mol. The molecule has 1 amide bonds. The highest BCUT2D eigenvalue weighted by atomic mass is 19.4. The molecule has 3 rings (SSSR count). The predicted octanol–water partition coefficient (Wildman–Crippen LogP) is 3.42. The molecular formula is C19H22F4N6O. The summed E-state index contributed by atoms with van der Waals surface area (Å²) in [6.07, 6.45) is 0.163. The van der Waals surface area contributed by atoms with Gasteiger partial charge in [0.15, 0.2) is 11.6 Å². The third-order valence-electron chi connectivity index (χ3n) is 5.02. The van der Waals surface area contributed by atoms with Crippen molar-refractivity contribution >= 4 is 23.2 Å². The number of amides is 1. The monoisotopic (exact) mass is 426 g/mol. The van der Waals surface area contributed by atoms with E-state index in [1.54, 1.807) is 0 Å². The number of alkyl halides is 3. The quantitative estimate of drug-likeness (QED) is 0.528. The first-order chi connectivity index (χ1) is 14.2. The number of carbonyl (C=O) groups is 1. The number of pyridine rings is 2. The highest BCUT2D eigenvalue weighted by Gasteiger charge is 2.32. The van der Waals surface area contributed by atoms with E-state index in [4.69, 9.17) is 5.73 Å². The Kier molecular flexibility index (Phi) is 6.40. The van der Waals surface area contributed by atoms with Crippen molar-refractivity contribution < 1.29 is 22.4 Å². The van der Waals surface area contributed by atoms with Gasteiger partial charge in [-0.25, -0.2) is 14.4 Å². The fourth-order valence-corrected chi connectivity index (χ4v) is 3.47. The van der Waals surface area contributed by atoms with Gasteiger partial charge in [-0.15, -0.1) is 0 Å². The number of rotatable bonds is 6. The van der Waals surface area contributed by atoms with Crippen LogP contribution in [0.5, 0.6) is 0 Å². The number of hydrogen-bond donors (Lipinski definition) is 4. The minimum absolute atomic E-state index is 0.0641. The van der Waals surface area contributed by atoms with Gasteiger partial charge in [0, 0.05) is 12.1 Å². The van der Waals surface area contributed by atoms with E-state index >= 15 is 0 Å². The number of primary amides is 1. The number of halogens is 4. The van der Waals surface area contributed by atoms with Gasteiger partial charge in [0.2, 0.25) is 0 Å². The summed E-state index contributed by atoms with van der Waals surface area (Å²) in [5.74, 6) is -1.83. The molecule has 11 heteroatoms. The van der Waals surface area contributed by atoms with E-state index in [-0.39, 0.29) is 35.0 Å². The second kappa shape index (κ2) is 8.82. The first-order valence-electron chi connectivity index (χ1n) is 9.43. The molecule has 2 atom stereocenters. The van der Waals surface area contributed by atoms with Gasteiger partial charge in [-0.05, 0) is 38.1 Å². The van der Waals surface area contributed by atoms with Crippen LogP contribution in [0, 0.1) is 5.82 Å². The summed E-state index contributed by atoms with van der Waals surface area (Å²) in [6.45, 7) is 0. The van der Waals surface area contributed by atoms with Crippen molar-refractivity contribution in [2.45, 2.75) is 43.9 Å². The van der Waals surface area contributed by atoms with Crippen LogP contribution in [0.25, 0.3) is 0 Å². The van der Waals surface area contributed by atoms with Gasteiger partial charge < -0.3 is 21.7 Å². The largest absolute Gasteiger partial charge is 0.433 e. The molecule has 0 bridgehead atoms. The van der Waals surface area contributed by atoms with E-state index < -0.39 is 23.6 Å². The van der Waals surface area contributed by atoms with Crippen LogP contribution in [0.15, 0.2) is 24.4 Å². The van der Waals surface area contributed by atoms with Crippen LogP contribution in [-0.4, -0.2) is 35.0 Å². The van der Waals surface area contributed by atoms with Crippen molar-refractivity contribution in [2.24, 2.45) is 5.73 Å². The third-order valence-corrected chi connectivity index (χ3v) is 5.02. The number of nitrogens with zero attached hydrogens (tertiary/aromatic N) is 2. The molecule has 0 spiro atoms. The number of nitrogens with two attached hydrogens (primary N) is 1. The lowest BCUT2D eigenvalue weighted by Crippen LogP contribution is -2.45. The SMILES string of the molecule is CN[C@H]1CCCCC1Nc1nc(Nc2ccc(C(F)(F)F)nc2)c(C(N)=O)cc1F. The Bertz CT molecular complexity index is 903. The molecule has 2 heterocycles. The zero-order valence-corrected chi connectivity index (χ0v) is 16.2. The Morgan fingerprint density at radius 1 is 1.17 bits per heavy atom. The molecule has 2 aromatic rings. The van der Waals surface area contributed by atoms with Crippen molar-refractivity contribution in [1.29, 1.82) is 0 Å². The molecule has 0 radical (unpaired) electrons. The van der Waals surface area contributed by atoms with Gasteiger partial charge >= 0.3 is 6.18 Å². The van der Waals surface area contributed by atoms with E-state index in [1.165, 1.54) is 0 Å². The van der Waals surface area contributed by atoms with Crippen LogP contribution >= 0.6 is 0 Å². The topological polar surface area (TPSA) is 105 Å². The summed E-state index contributed by atoms with van der Waals surface area (Å²) >= 11 is 0. The van der Waals surface area contributed by atoms with Gasteiger partial charge in [-0.3, -0.25) is 4.79 Å². The van der Waals surface area contributed by atoms with Gasteiger partial charge in [0.25, 0.3) is 5.91 Å². The Hall–Kier alpha value is -2.95. The molecule has 0 saturated heterocycles. The zero-order chi connectivity index (χ0) is 21.9. The molecule has 1 saturated carbocycles. The number of aromatic nitrogens is 2. The summed E-state index contributed by atoms with van der Waals surface area (Å²) in [6, 6.07) is 2.94. The number of anilines is 3. The Labute approximate surface area is 170 Å². The first kappa shape index (κ1) is 21.8. The highest BCUT2D eigenvalue weighted by Crippen LogP contribution is 2.30. The number of nitrogens with one attached hydrogen (secondary N) is 3. The Balaban J connectivity index is 1.89. The fourth-order valence-electron chi connectivity index (χ4n) is 3.47. The molecule has 1 aliphatic rings. The van der Waals surface area contributed by atoms with Gasteiger partial charge in [-0.1, -0.05) is 12.8 Å². The number of likely N-dealkylation sites (N-methyl/N-ethyl adjacent to an activating group) is 1. The van der Waals surface area contributed by atoms with Crippen molar-refractivity contribution in [1.82, 2.24) is 15.3 Å². The molecule has 0 aliphatic heterocycles. The van der Waals surface area contributed by atoms with Crippen LogP contribution in [-0.2, 0) is 6.18 Å². The predicted molar refractivity (Wildman–Crippen MR) is 104 cm³/mol. The zero-order valence-electron chi connectivity index (χ0n) is 16.2. The van der Waals surface area contributed by atoms with E-state index in [1.807, 2.05) is 7.05 Å². The van der Waals surface area contributed by atoms with E-state index in [2.05, 4.69) is 25.9 Å². The molecule has 1 aliphatic carbocycles. The second-order valence-electron chi connectivity index (χ2n) is 7.06.